The van der Waals surface area contributed by atoms with Crippen molar-refractivity contribution in [1.82, 2.24) is 20.8 Å². The van der Waals surface area contributed by atoms with Gasteiger partial charge in [-0.15, -0.1) is 0 Å². The Balaban J connectivity index is 1.84. The fourth-order valence-corrected chi connectivity index (χ4v) is 4.11. The predicted molar refractivity (Wildman–Crippen MR) is 106 cm³/mol. The van der Waals surface area contributed by atoms with Crippen molar-refractivity contribution in [3.8, 4) is 0 Å². The molecule has 4 N–H and O–H groups in total. The second-order valence-corrected chi connectivity index (χ2v) is 7.85. The summed E-state index contributed by atoms with van der Waals surface area (Å²) in [4.78, 5) is 10.2. The van der Waals surface area contributed by atoms with Crippen LogP contribution in [0.1, 0.15) is 12.6 Å². The van der Waals surface area contributed by atoms with Crippen LogP contribution in [-0.4, -0.2) is 9.97 Å². The van der Waals surface area contributed by atoms with Crippen LogP contribution in [0.4, 0.5) is 0 Å². The quantitative estimate of drug-likeness (QED) is 0.568. The minimum atomic E-state index is -0.925. The fraction of sp³-hybridized carbons (Fsp3) is 0.111. The van der Waals surface area contributed by atoms with Gasteiger partial charge < -0.3 is 11.2 Å². The number of rotatable bonds is 3. The molecule has 5 nitrogen and oxygen atoms in total. The third-order valence-electron chi connectivity index (χ3n) is 3.98. The summed E-state index contributed by atoms with van der Waals surface area (Å²) in [7, 11) is 0. The molecule has 8 heteroatoms. The zero-order valence-corrected chi connectivity index (χ0v) is 16.1. The predicted octanol–water partition coefficient (Wildman–Crippen LogP) is 4.21. The molecule has 1 unspecified atom stereocenters. The molecule has 0 saturated carbocycles. The summed E-state index contributed by atoms with van der Waals surface area (Å²) >= 11 is 13.6. The van der Waals surface area contributed by atoms with E-state index in [1.165, 1.54) is 11.8 Å². The SMILES string of the molecule is CC1=CC(N)(c2nc(Sc3ccc(Cl)cc3Cl)nc3ccccc23)NN1. The lowest BCUT2D eigenvalue weighted by atomic mass is 10.0. The number of hydrogen-bond donors (Lipinski definition) is 3. The molecule has 1 atom stereocenters. The second kappa shape index (κ2) is 6.72. The van der Waals surface area contributed by atoms with Crippen LogP contribution in [0.25, 0.3) is 10.9 Å². The van der Waals surface area contributed by atoms with Gasteiger partial charge in [-0.05, 0) is 49.0 Å². The lowest BCUT2D eigenvalue weighted by molar-refractivity contribution is 0.417. The van der Waals surface area contributed by atoms with Gasteiger partial charge in [0, 0.05) is 21.0 Å². The van der Waals surface area contributed by atoms with Crippen LogP contribution in [0.15, 0.2) is 64.3 Å². The van der Waals surface area contributed by atoms with Gasteiger partial charge in [0.1, 0.15) is 5.66 Å². The Labute approximate surface area is 165 Å². The minimum absolute atomic E-state index is 0.555. The summed E-state index contributed by atoms with van der Waals surface area (Å²) in [6.07, 6.45) is 1.91. The van der Waals surface area contributed by atoms with E-state index in [0.29, 0.717) is 20.9 Å². The van der Waals surface area contributed by atoms with Crippen LogP contribution >= 0.6 is 35.0 Å². The van der Waals surface area contributed by atoms with E-state index in [2.05, 4.69) is 15.8 Å². The van der Waals surface area contributed by atoms with Gasteiger partial charge >= 0.3 is 0 Å². The van der Waals surface area contributed by atoms with E-state index < -0.39 is 5.66 Å². The number of halogens is 2. The monoisotopic (exact) mass is 403 g/mol. The van der Waals surface area contributed by atoms with E-state index in [-0.39, 0.29) is 0 Å². The third-order valence-corrected chi connectivity index (χ3v) is 5.58. The Bertz CT molecular complexity index is 1040. The van der Waals surface area contributed by atoms with E-state index in [1.54, 1.807) is 12.1 Å². The number of nitrogens with two attached hydrogens (primary N) is 1. The summed E-state index contributed by atoms with van der Waals surface area (Å²) in [5.74, 6) is 0. The molecule has 0 spiro atoms. The molecule has 0 saturated heterocycles. The van der Waals surface area contributed by atoms with Gasteiger partial charge in [-0.1, -0.05) is 41.4 Å². The van der Waals surface area contributed by atoms with Crippen LogP contribution in [0.5, 0.6) is 0 Å². The van der Waals surface area contributed by atoms with Gasteiger partial charge in [0.25, 0.3) is 0 Å². The molecule has 132 valence electrons. The second-order valence-electron chi connectivity index (χ2n) is 6.00. The van der Waals surface area contributed by atoms with E-state index in [9.17, 15) is 0 Å². The zero-order valence-electron chi connectivity index (χ0n) is 13.8. The van der Waals surface area contributed by atoms with Crippen molar-refractivity contribution in [2.24, 2.45) is 5.73 Å². The summed E-state index contributed by atoms with van der Waals surface area (Å²) < 4.78 is 0. The number of aromatic nitrogens is 2. The van der Waals surface area contributed by atoms with Crippen LogP contribution in [-0.2, 0) is 5.66 Å². The minimum Gasteiger partial charge on any atom is -0.324 e. The fourth-order valence-electron chi connectivity index (χ4n) is 2.82. The van der Waals surface area contributed by atoms with Crippen molar-refractivity contribution in [1.29, 1.82) is 0 Å². The smallest absolute Gasteiger partial charge is 0.193 e. The van der Waals surface area contributed by atoms with E-state index >= 15 is 0 Å². The molecule has 3 aromatic rings. The first-order chi connectivity index (χ1) is 12.4. The highest BCUT2D eigenvalue weighted by atomic mass is 35.5. The highest BCUT2D eigenvalue weighted by Crippen LogP contribution is 2.35. The van der Waals surface area contributed by atoms with Gasteiger partial charge in [0.15, 0.2) is 5.16 Å². The molecule has 2 aromatic carbocycles. The third kappa shape index (κ3) is 3.26. The highest BCUT2D eigenvalue weighted by Gasteiger charge is 2.33. The highest BCUT2D eigenvalue weighted by molar-refractivity contribution is 7.99. The van der Waals surface area contributed by atoms with E-state index in [1.807, 2.05) is 43.3 Å². The maximum atomic E-state index is 6.56. The van der Waals surface area contributed by atoms with Crippen molar-refractivity contribution in [2.45, 2.75) is 22.6 Å². The number of allylic oxidation sites excluding steroid dienone is 1. The van der Waals surface area contributed by atoms with Gasteiger partial charge in [-0.2, -0.15) is 0 Å². The summed E-state index contributed by atoms with van der Waals surface area (Å²) in [6, 6.07) is 13.1. The number of para-hydroxylation sites is 1. The lowest BCUT2D eigenvalue weighted by Gasteiger charge is -2.23. The number of nitrogens with zero attached hydrogens (tertiary/aromatic N) is 2. The molecule has 1 aromatic heterocycles. The molecular formula is C18H15Cl2N5S. The number of hydrogen-bond acceptors (Lipinski definition) is 6. The van der Waals surface area contributed by atoms with Crippen molar-refractivity contribution in [3.63, 3.8) is 0 Å². The molecule has 0 radical (unpaired) electrons. The standard InChI is InChI=1S/C18H15Cl2N5S/c1-10-9-18(21,25-24-10)16-12-4-2-3-5-14(12)22-17(23-16)26-15-7-6-11(19)8-13(15)20/h2-9,24-25H,21H2,1H3. The number of fused-ring (bicyclic) bond motifs is 1. The Morgan fingerprint density at radius 2 is 1.92 bits per heavy atom. The van der Waals surface area contributed by atoms with Gasteiger partial charge in [0.05, 0.1) is 16.2 Å². The molecule has 0 fully saturated rings. The van der Waals surface area contributed by atoms with Crippen LogP contribution < -0.4 is 16.6 Å². The summed E-state index contributed by atoms with van der Waals surface area (Å²) in [5.41, 5.74) is 14.2. The summed E-state index contributed by atoms with van der Waals surface area (Å²) in [6.45, 7) is 1.94. The molecule has 1 aliphatic rings. The molecule has 26 heavy (non-hydrogen) atoms. The zero-order chi connectivity index (χ0) is 18.3. The maximum absolute atomic E-state index is 6.56. The first-order valence-electron chi connectivity index (χ1n) is 7.86. The topological polar surface area (TPSA) is 75.9 Å². The van der Waals surface area contributed by atoms with Crippen molar-refractivity contribution < 1.29 is 0 Å². The van der Waals surface area contributed by atoms with Crippen molar-refractivity contribution >= 4 is 45.9 Å². The molecule has 1 aliphatic heterocycles. The first-order valence-corrected chi connectivity index (χ1v) is 9.43. The average molecular weight is 404 g/mol. The maximum Gasteiger partial charge on any atom is 0.193 e. The van der Waals surface area contributed by atoms with Gasteiger partial charge in [-0.3, -0.25) is 0 Å². The molecule has 0 amide bonds. The molecular weight excluding hydrogens is 389 g/mol. The number of hydrazine groups is 1. The average Bonchev–Trinajstić information content (AvgIpc) is 2.97. The Morgan fingerprint density at radius 1 is 1.12 bits per heavy atom. The van der Waals surface area contributed by atoms with E-state index in [4.69, 9.17) is 33.9 Å². The molecule has 0 bridgehead atoms. The Morgan fingerprint density at radius 3 is 2.65 bits per heavy atom. The normalized spacial score (nSPS) is 19.5. The van der Waals surface area contributed by atoms with Crippen LogP contribution in [0.3, 0.4) is 0 Å². The van der Waals surface area contributed by atoms with Gasteiger partial charge in [-0.25, -0.2) is 15.4 Å². The van der Waals surface area contributed by atoms with Gasteiger partial charge in [0.2, 0.25) is 0 Å². The molecule has 4 rings (SSSR count). The van der Waals surface area contributed by atoms with Crippen molar-refractivity contribution in [2.75, 3.05) is 0 Å². The van der Waals surface area contributed by atoms with Crippen LogP contribution in [0, 0.1) is 0 Å². The summed E-state index contributed by atoms with van der Waals surface area (Å²) in [5, 5.41) is 2.59. The number of nitrogens with one attached hydrogen (secondary N) is 2. The number of benzene rings is 2. The Hall–Kier alpha value is -1.83. The molecule has 0 aliphatic carbocycles. The van der Waals surface area contributed by atoms with Crippen LogP contribution in [0.2, 0.25) is 10.0 Å². The lowest BCUT2D eigenvalue weighted by Crippen LogP contribution is -2.50. The largest absolute Gasteiger partial charge is 0.324 e. The Kier molecular flexibility index (Phi) is 4.54. The molecule has 2 heterocycles. The first kappa shape index (κ1) is 17.6. The van der Waals surface area contributed by atoms with Crippen molar-refractivity contribution in [3.05, 3.63) is 70.0 Å². The van der Waals surface area contributed by atoms with E-state index in [0.717, 1.165) is 21.5 Å².